The molecule has 1 unspecified atom stereocenters. The molecule has 1 aromatic carbocycles. The Balaban J connectivity index is 3.15. The summed E-state index contributed by atoms with van der Waals surface area (Å²) >= 11 is 0. The third-order valence-electron chi connectivity index (χ3n) is 4.11. The second-order valence-corrected chi connectivity index (χ2v) is 4.70. The van der Waals surface area contributed by atoms with Crippen molar-refractivity contribution in [2.75, 3.05) is 7.05 Å². The fourth-order valence-corrected chi connectivity index (χ4v) is 2.90. The summed E-state index contributed by atoms with van der Waals surface area (Å²) < 4.78 is 0. The zero-order valence-electron chi connectivity index (χ0n) is 12.1. The van der Waals surface area contributed by atoms with Crippen LogP contribution < -0.4 is 5.32 Å². The van der Waals surface area contributed by atoms with Crippen LogP contribution >= 0.6 is 0 Å². The second-order valence-electron chi connectivity index (χ2n) is 4.70. The zero-order chi connectivity index (χ0) is 13.4. The van der Waals surface area contributed by atoms with Gasteiger partial charge in [-0.2, -0.15) is 0 Å². The number of hydrogen-bond acceptors (Lipinski definition) is 1. The fraction of sp³-hybridized carbons (Fsp3) is 0.529. The molecule has 18 heavy (non-hydrogen) atoms. The van der Waals surface area contributed by atoms with Crippen LogP contribution in [-0.2, 0) is 5.41 Å². The van der Waals surface area contributed by atoms with Crippen molar-refractivity contribution in [1.82, 2.24) is 5.32 Å². The molecule has 0 aliphatic carbocycles. The van der Waals surface area contributed by atoms with Gasteiger partial charge in [0.05, 0.1) is 0 Å². The summed E-state index contributed by atoms with van der Waals surface area (Å²) in [4.78, 5) is 0. The second kappa shape index (κ2) is 7.24. The summed E-state index contributed by atoms with van der Waals surface area (Å²) in [6, 6.07) is 11.2. The van der Waals surface area contributed by atoms with Crippen molar-refractivity contribution in [1.29, 1.82) is 0 Å². The smallest absolute Gasteiger partial charge is 0.0270 e. The van der Waals surface area contributed by atoms with Gasteiger partial charge in [-0.3, -0.25) is 0 Å². The van der Waals surface area contributed by atoms with E-state index in [4.69, 9.17) is 0 Å². The average molecular weight is 243 g/mol. The first-order valence-electron chi connectivity index (χ1n) is 6.87. The topological polar surface area (TPSA) is 12.0 Å². The van der Waals surface area contributed by atoms with Crippen LogP contribution in [0, 0.1) is 11.8 Å². The van der Waals surface area contributed by atoms with Gasteiger partial charge in [0.15, 0.2) is 0 Å². The molecule has 0 aromatic heterocycles. The molecule has 0 saturated carbocycles. The van der Waals surface area contributed by atoms with E-state index in [-0.39, 0.29) is 5.41 Å². The standard InChI is InChI=1S/C17H25N/c1-5-8-14-16(18-4)17(6-2,7-3)15-12-10-9-11-13-15/h9-13,16,18H,6-7,14H2,1-4H3. The van der Waals surface area contributed by atoms with Gasteiger partial charge in [0.1, 0.15) is 0 Å². The zero-order valence-corrected chi connectivity index (χ0v) is 12.1. The Morgan fingerprint density at radius 1 is 1.17 bits per heavy atom. The fourth-order valence-electron chi connectivity index (χ4n) is 2.90. The van der Waals surface area contributed by atoms with Crippen molar-refractivity contribution in [2.45, 2.75) is 51.5 Å². The summed E-state index contributed by atoms with van der Waals surface area (Å²) in [5.41, 5.74) is 1.60. The minimum atomic E-state index is 0.180. The molecule has 0 aliphatic heterocycles. The highest BCUT2D eigenvalue weighted by atomic mass is 14.9. The molecule has 0 bridgehead atoms. The summed E-state index contributed by atoms with van der Waals surface area (Å²) in [7, 11) is 2.05. The summed E-state index contributed by atoms with van der Waals surface area (Å²) in [5, 5.41) is 3.48. The Labute approximate surface area is 112 Å². The number of hydrogen-bond donors (Lipinski definition) is 1. The van der Waals surface area contributed by atoms with E-state index in [1.807, 2.05) is 14.0 Å². The van der Waals surface area contributed by atoms with Crippen molar-refractivity contribution in [3.63, 3.8) is 0 Å². The lowest BCUT2D eigenvalue weighted by molar-refractivity contribution is 0.286. The van der Waals surface area contributed by atoms with E-state index in [1.165, 1.54) is 5.56 Å². The molecular weight excluding hydrogens is 218 g/mol. The van der Waals surface area contributed by atoms with Gasteiger partial charge < -0.3 is 5.32 Å². The molecule has 1 nitrogen and oxygen atoms in total. The highest BCUT2D eigenvalue weighted by Gasteiger charge is 2.35. The first-order chi connectivity index (χ1) is 8.75. The Kier molecular flexibility index (Phi) is 5.95. The van der Waals surface area contributed by atoms with Crippen LogP contribution in [0.15, 0.2) is 30.3 Å². The average Bonchev–Trinajstić information content (AvgIpc) is 2.45. The van der Waals surface area contributed by atoms with Gasteiger partial charge in [-0.1, -0.05) is 44.2 Å². The van der Waals surface area contributed by atoms with Crippen LogP contribution in [0.3, 0.4) is 0 Å². The van der Waals surface area contributed by atoms with Crippen molar-refractivity contribution < 1.29 is 0 Å². The molecule has 0 fully saturated rings. The van der Waals surface area contributed by atoms with Crippen LogP contribution in [0.25, 0.3) is 0 Å². The Morgan fingerprint density at radius 2 is 1.78 bits per heavy atom. The van der Waals surface area contributed by atoms with Crippen molar-refractivity contribution in [3.05, 3.63) is 35.9 Å². The number of nitrogens with one attached hydrogen (secondary N) is 1. The van der Waals surface area contributed by atoms with Gasteiger partial charge in [0.25, 0.3) is 0 Å². The molecule has 1 atom stereocenters. The van der Waals surface area contributed by atoms with Gasteiger partial charge >= 0.3 is 0 Å². The lowest BCUT2D eigenvalue weighted by atomic mass is 9.69. The minimum Gasteiger partial charge on any atom is -0.315 e. The maximum Gasteiger partial charge on any atom is 0.0270 e. The van der Waals surface area contributed by atoms with Crippen LogP contribution in [0.5, 0.6) is 0 Å². The van der Waals surface area contributed by atoms with Crippen LogP contribution in [0.2, 0.25) is 0 Å². The summed E-state index contributed by atoms with van der Waals surface area (Å²) in [6.07, 6.45) is 3.17. The summed E-state index contributed by atoms with van der Waals surface area (Å²) in [5.74, 6) is 6.24. The van der Waals surface area contributed by atoms with Crippen LogP contribution in [0.4, 0.5) is 0 Å². The maximum atomic E-state index is 3.48. The highest BCUT2D eigenvalue weighted by molar-refractivity contribution is 5.28. The van der Waals surface area contributed by atoms with E-state index in [0.29, 0.717) is 6.04 Å². The van der Waals surface area contributed by atoms with Crippen LogP contribution in [-0.4, -0.2) is 13.1 Å². The SMILES string of the molecule is CC#CCC(NC)C(CC)(CC)c1ccccc1. The summed E-state index contributed by atoms with van der Waals surface area (Å²) in [6.45, 7) is 6.47. The molecular formula is C17H25N. The molecule has 0 heterocycles. The van der Waals surface area contributed by atoms with E-state index < -0.39 is 0 Å². The third kappa shape index (κ3) is 2.94. The number of likely N-dealkylation sites (N-methyl/N-ethyl adjacent to an activating group) is 1. The normalized spacial score (nSPS) is 12.7. The van der Waals surface area contributed by atoms with Gasteiger partial charge in [-0.05, 0) is 32.4 Å². The van der Waals surface area contributed by atoms with Gasteiger partial charge in [0, 0.05) is 17.9 Å². The van der Waals surface area contributed by atoms with Crippen molar-refractivity contribution in [2.24, 2.45) is 0 Å². The maximum absolute atomic E-state index is 3.48. The monoisotopic (exact) mass is 243 g/mol. The van der Waals surface area contributed by atoms with E-state index >= 15 is 0 Å². The van der Waals surface area contributed by atoms with Gasteiger partial charge in [0.2, 0.25) is 0 Å². The van der Waals surface area contributed by atoms with Crippen molar-refractivity contribution >= 4 is 0 Å². The molecule has 1 heteroatoms. The van der Waals surface area contributed by atoms with Crippen molar-refractivity contribution in [3.8, 4) is 11.8 Å². The largest absolute Gasteiger partial charge is 0.315 e. The molecule has 0 aliphatic rings. The molecule has 0 spiro atoms. The highest BCUT2D eigenvalue weighted by Crippen LogP contribution is 2.36. The molecule has 1 rings (SSSR count). The van der Waals surface area contributed by atoms with E-state index in [0.717, 1.165) is 19.3 Å². The Hall–Kier alpha value is -1.26. The molecule has 1 aromatic rings. The Bertz CT molecular complexity index is 393. The first kappa shape index (κ1) is 14.8. The number of rotatable bonds is 6. The lowest BCUT2D eigenvalue weighted by Gasteiger charge is -2.39. The van der Waals surface area contributed by atoms with Crippen LogP contribution in [0.1, 0.15) is 45.6 Å². The molecule has 1 N–H and O–H groups in total. The quantitative estimate of drug-likeness (QED) is 0.750. The van der Waals surface area contributed by atoms with E-state index in [1.54, 1.807) is 0 Å². The first-order valence-corrected chi connectivity index (χ1v) is 6.87. The molecule has 0 amide bonds. The predicted molar refractivity (Wildman–Crippen MR) is 79.6 cm³/mol. The number of benzene rings is 1. The molecule has 0 radical (unpaired) electrons. The van der Waals surface area contributed by atoms with E-state index in [9.17, 15) is 0 Å². The molecule has 98 valence electrons. The van der Waals surface area contributed by atoms with Gasteiger partial charge in [-0.15, -0.1) is 11.8 Å². The third-order valence-corrected chi connectivity index (χ3v) is 4.11. The minimum absolute atomic E-state index is 0.180. The molecule has 0 saturated heterocycles. The van der Waals surface area contributed by atoms with Gasteiger partial charge in [-0.25, -0.2) is 0 Å². The lowest BCUT2D eigenvalue weighted by Crippen LogP contribution is -2.46. The predicted octanol–water partition coefficient (Wildman–Crippen LogP) is 3.75. The van der Waals surface area contributed by atoms with E-state index in [2.05, 4.69) is 61.3 Å². The Morgan fingerprint density at radius 3 is 2.22 bits per heavy atom.